The van der Waals surface area contributed by atoms with Crippen LogP contribution in [0.5, 0.6) is 0 Å². The van der Waals surface area contributed by atoms with E-state index < -0.39 is 11.9 Å². The lowest BCUT2D eigenvalue weighted by atomic mass is 10.1. The third-order valence-corrected chi connectivity index (χ3v) is 4.66. The number of carboxylic acids is 1. The van der Waals surface area contributed by atoms with Crippen molar-refractivity contribution in [1.29, 1.82) is 5.26 Å². The highest BCUT2D eigenvalue weighted by atomic mass is 16.4. The van der Waals surface area contributed by atoms with E-state index in [1.807, 2.05) is 6.07 Å². The van der Waals surface area contributed by atoms with Crippen LogP contribution in [0, 0.1) is 11.3 Å². The molecule has 0 spiro atoms. The lowest BCUT2D eigenvalue weighted by molar-refractivity contribution is -0.112. The van der Waals surface area contributed by atoms with E-state index in [4.69, 9.17) is 0 Å². The molecule has 4 N–H and O–H groups in total. The molecule has 0 aliphatic carbocycles. The number of benzene rings is 3. The highest BCUT2D eigenvalue weighted by Gasteiger charge is 2.15. The van der Waals surface area contributed by atoms with Gasteiger partial charge in [0, 0.05) is 24.0 Å². The molecule has 0 heterocycles. The number of anilines is 3. The zero-order valence-corrected chi connectivity index (χ0v) is 17.6. The van der Waals surface area contributed by atoms with E-state index in [1.54, 1.807) is 61.6 Å². The van der Waals surface area contributed by atoms with Crippen molar-refractivity contribution in [2.75, 3.05) is 23.0 Å². The molecule has 0 fully saturated rings. The van der Waals surface area contributed by atoms with E-state index in [9.17, 15) is 24.8 Å². The summed E-state index contributed by atoms with van der Waals surface area (Å²) in [6, 6.07) is 21.4. The molecule has 0 radical (unpaired) electrons. The third kappa shape index (κ3) is 5.83. The molecule has 3 aromatic rings. The number of carbonyl (C=O) groups is 3. The number of hydrogen-bond acceptors (Lipinski definition) is 5. The van der Waals surface area contributed by atoms with Crippen LogP contribution in [0.4, 0.5) is 17.1 Å². The monoisotopic (exact) mass is 440 g/mol. The van der Waals surface area contributed by atoms with Crippen LogP contribution in [0.15, 0.2) is 78.4 Å². The number of amides is 2. The van der Waals surface area contributed by atoms with Gasteiger partial charge in [-0.15, -0.1) is 0 Å². The van der Waals surface area contributed by atoms with Crippen LogP contribution in [0.3, 0.4) is 0 Å². The van der Waals surface area contributed by atoms with Crippen molar-refractivity contribution in [3.8, 4) is 6.07 Å². The number of nitriles is 1. The Morgan fingerprint density at radius 3 is 2.30 bits per heavy atom. The summed E-state index contributed by atoms with van der Waals surface area (Å²) in [4.78, 5) is 36.4. The maximum absolute atomic E-state index is 12.6. The molecule has 3 rings (SSSR count). The van der Waals surface area contributed by atoms with Crippen molar-refractivity contribution in [3.05, 3.63) is 95.1 Å². The van der Waals surface area contributed by atoms with Crippen LogP contribution in [0.25, 0.3) is 6.08 Å². The summed E-state index contributed by atoms with van der Waals surface area (Å²) in [7, 11) is 1.79. The first-order chi connectivity index (χ1) is 15.9. The molecule has 2 amide bonds. The molecule has 0 aliphatic heterocycles. The number of carboxylic acid groups (broad SMARTS) is 1. The Balaban J connectivity index is 1.77. The minimum atomic E-state index is -1.20. The second kappa shape index (κ2) is 10.4. The molecule has 0 unspecified atom stereocenters. The van der Waals surface area contributed by atoms with E-state index in [2.05, 4.69) is 16.0 Å². The first-order valence-corrected chi connectivity index (χ1v) is 9.86. The van der Waals surface area contributed by atoms with Gasteiger partial charge in [0.15, 0.2) is 0 Å². The van der Waals surface area contributed by atoms with Gasteiger partial charge in [-0.2, -0.15) is 5.26 Å². The summed E-state index contributed by atoms with van der Waals surface area (Å²) in [5.74, 6) is -2.25. The fourth-order valence-corrected chi connectivity index (χ4v) is 2.98. The number of hydrogen-bond donors (Lipinski definition) is 4. The summed E-state index contributed by atoms with van der Waals surface area (Å²) in [5.41, 5.74) is 2.13. The molecule has 0 saturated heterocycles. The summed E-state index contributed by atoms with van der Waals surface area (Å²) >= 11 is 0. The Hall–Kier alpha value is -4.90. The Morgan fingerprint density at radius 2 is 1.64 bits per heavy atom. The molecule has 0 atom stereocenters. The summed E-state index contributed by atoms with van der Waals surface area (Å²) in [6.45, 7) is 0. The Morgan fingerprint density at radius 1 is 0.909 bits per heavy atom. The molecule has 33 heavy (non-hydrogen) atoms. The lowest BCUT2D eigenvalue weighted by Gasteiger charge is -2.09. The normalized spacial score (nSPS) is 10.6. The first-order valence-electron chi connectivity index (χ1n) is 9.86. The van der Waals surface area contributed by atoms with Crippen LogP contribution in [0.2, 0.25) is 0 Å². The average molecular weight is 440 g/mol. The fourth-order valence-electron chi connectivity index (χ4n) is 2.98. The predicted octanol–water partition coefficient (Wildman–Crippen LogP) is 4.22. The molecule has 0 bridgehead atoms. The number of nitrogens with zero attached hydrogens (tertiary/aromatic N) is 1. The summed E-state index contributed by atoms with van der Waals surface area (Å²) < 4.78 is 0. The van der Waals surface area contributed by atoms with Crippen LogP contribution in [-0.4, -0.2) is 29.9 Å². The molecule has 0 aliphatic rings. The van der Waals surface area contributed by atoms with Crippen molar-refractivity contribution in [2.45, 2.75) is 0 Å². The lowest BCUT2D eigenvalue weighted by Crippen LogP contribution is -2.16. The second-order valence-electron chi connectivity index (χ2n) is 6.88. The standard InChI is InChI=1S/C25H20N4O4/c1-27-19-11-9-17(10-12-19)23(30)28-20-6-4-5-16(14-20)13-18(15-26)24(31)29-22-8-3-2-7-21(22)25(32)33/h2-14,27H,1H3,(H,28,30)(H,29,31)(H,32,33)/b18-13+. The van der Waals surface area contributed by atoms with Gasteiger partial charge < -0.3 is 21.1 Å². The molecule has 0 aromatic heterocycles. The fraction of sp³-hybridized carbons (Fsp3) is 0.0400. The van der Waals surface area contributed by atoms with Crippen molar-refractivity contribution in [1.82, 2.24) is 0 Å². The number of aromatic carboxylic acids is 1. The van der Waals surface area contributed by atoms with Gasteiger partial charge in [0.25, 0.3) is 11.8 Å². The average Bonchev–Trinajstić information content (AvgIpc) is 2.83. The van der Waals surface area contributed by atoms with Crippen molar-refractivity contribution in [2.24, 2.45) is 0 Å². The third-order valence-electron chi connectivity index (χ3n) is 4.66. The highest BCUT2D eigenvalue weighted by Crippen LogP contribution is 2.19. The van der Waals surface area contributed by atoms with E-state index in [0.717, 1.165) is 5.69 Å². The number of rotatable bonds is 7. The van der Waals surface area contributed by atoms with Crippen LogP contribution in [-0.2, 0) is 4.79 Å². The van der Waals surface area contributed by atoms with Gasteiger partial charge in [0.2, 0.25) is 0 Å². The SMILES string of the molecule is CNc1ccc(C(=O)Nc2cccc(/C=C(\C#N)C(=O)Nc3ccccc3C(=O)O)c2)cc1. The highest BCUT2D eigenvalue weighted by molar-refractivity contribution is 6.12. The minimum absolute atomic E-state index is 0.0847. The Labute approximate surface area is 190 Å². The van der Waals surface area contributed by atoms with Gasteiger partial charge in [-0.3, -0.25) is 9.59 Å². The molecular weight excluding hydrogens is 420 g/mol. The number of nitrogens with one attached hydrogen (secondary N) is 3. The van der Waals surface area contributed by atoms with Gasteiger partial charge in [0.1, 0.15) is 11.6 Å². The Kier molecular flexibility index (Phi) is 7.19. The van der Waals surface area contributed by atoms with E-state index in [0.29, 0.717) is 16.8 Å². The van der Waals surface area contributed by atoms with E-state index >= 15 is 0 Å². The van der Waals surface area contributed by atoms with Gasteiger partial charge in [-0.05, 0) is 60.2 Å². The van der Waals surface area contributed by atoms with Crippen molar-refractivity contribution >= 4 is 40.9 Å². The zero-order valence-electron chi connectivity index (χ0n) is 17.6. The van der Waals surface area contributed by atoms with Crippen molar-refractivity contribution < 1.29 is 19.5 Å². The topological polar surface area (TPSA) is 131 Å². The van der Waals surface area contributed by atoms with Crippen LogP contribution < -0.4 is 16.0 Å². The molecular formula is C25H20N4O4. The smallest absolute Gasteiger partial charge is 0.337 e. The Bertz CT molecular complexity index is 1270. The second-order valence-corrected chi connectivity index (χ2v) is 6.88. The van der Waals surface area contributed by atoms with Gasteiger partial charge in [-0.1, -0.05) is 24.3 Å². The first kappa shape index (κ1) is 22.8. The molecule has 3 aromatic carbocycles. The van der Waals surface area contributed by atoms with Gasteiger partial charge in [-0.25, -0.2) is 4.79 Å². The van der Waals surface area contributed by atoms with Gasteiger partial charge in [0.05, 0.1) is 11.3 Å². The van der Waals surface area contributed by atoms with Crippen LogP contribution in [0.1, 0.15) is 26.3 Å². The molecule has 164 valence electrons. The largest absolute Gasteiger partial charge is 0.478 e. The molecule has 8 nitrogen and oxygen atoms in total. The summed E-state index contributed by atoms with van der Waals surface area (Å²) in [5, 5.41) is 26.9. The maximum Gasteiger partial charge on any atom is 0.337 e. The quantitative estimate of drug-likeness (QED) is 0.321. The van der Waals surface area contributed by atoms with Gasteiger partial charge >= 0.3 is 5.97 Å². The maximum atomic E-state index is 12.6. The number of carbonyl (C=O) groups excluding carboxylic acids is 2. The minimum Gasteiger partial charge on any atom is -0.478 e. The predicted molar refractivity (Wildman–Crippen MR) is 126 cm³/mol. The molecule has 0 saturated carbocycles. The summed E-state index contributed by atoms with van der Waals surface area (Å²) in [6.07, 6.45) is 1.36. The van der Waals surface area contributed by atoms with Crippen molar-refractivity contribution in [3.63, 3.8) is 0 Å². The zero-order chi connectivity index (χ0) is 23.8. The van der Waals surface area contributed by atoms with E-state index in [-0.39, 0.29) is 22.7 Å². The van der Waals surface area contributed by atoms with E-state index in [1.165, 1.54) is 24.3 Å². The molecule has 8 heteroatoms. The van der Waals surface area contributed by atoms with Crippen LogP contribution >= 0.6 is 0 Å². The number of para-hydroxylation sites is 1.